The summed E-state index contributed by atoms with van der Waals surface area (Å²) in [5, 5.41) is 19.5. The van der Waals surface area contributed by atoms with Crippen molar-refractivity contribution < 1.29 is 9.31 Å². The highest BCUT2D eigenvalue weighted by atomic mass is 32.1. The topological polar surface area (TPSA) is 97.8 Å². The van der Waals surface area contributed by atoms with Crippen molar-refractivity contribution in [1.82, 2.24) is 10.2 Å². The first-order valence-corrected chi connectivity index (χ1v) is 6.78. The first kappa shape index (κ1) is 13.3. The molecule has 1 aromatic carbocycles. The second-order valence-electron chi connectivity index (χ2n) is 4.25. The van der Waals surface area contributed by atoms with Crippen molar-refractivity contribution in [3.05, 3.63) is 51.6 Å². The van der Waals surface area contributed by atoms with Crippen molar-refractivity contribution in [1.29, 1.82) is 0 Å². The van der Waals surface area contributed by atoms with E-state index < -0.39 is 10.7 Å². The molecular weight excluding hydrogens is 295 g/mol. The number of H-pyrrole nitrogens is 1. The number of thiophene rings is 1. The Morgan fingerprint density at radius 1 is 1.38 bits per heavy atom. The Bertz CT molecular complexity index is 814. The normalized spacial score (nSPS) is 10.7. The van der Waals surface area contributed by atoms with E-state index in [0.29, 0.717) is 11.3 Å². The van der Waals surface area contributed by atoms with E-state index in [9.17, 15) is 14.5 Å². The van der Waals surface area contributed by atoms with Crippen LogP contribution in [-0.4, -0.2) is 15.1 Å². The molecule has 0 amide bonds. The molecule has 0 atom stereocenters. The van der Waals surface area contributed by atoms with Crippen LogP contribution in [0.3, 0.4) is 0 Å². The number of hydrogen-bond acceptors (Lipinski definition) is 5. The van der Waals surface area contributed by atoms with Crippen molar-refractivity contribution in [2.45, 2.75) is 0 Å². The molecular formula is C13H9FN4O2S. The van der Waals surface area contributed by atoms with Crippen LogP contribution in [0.2, 0.25) is 0 Å². The predicted octanol–water partition coefficient (Wildman–Crippen LogP) is 3.43. The Balaban J connectivity index is 2.28. The van der Waals surface area contributed by atoms with E-state index in [2.05, 4.69) is 10.2 Å². The summed E-state index contributed by atoms with van der Waals surface area (Å²) in [6.45, 7) is 0. The first-order valence-electron chi connectivity index (χ1n) is 5.90. The van der Waals surface area contributed by atoms with E-state index in [1.165, 1.54) is 11.3 Å². The van der Waals surface area contributed by atoms with Crippen molar-refractivity contribution >= 4 is 22.8 Å². The van der Waals surface area contributed by atoms with Crippen LogP contribution in [0.4, 0.5) is 15.9 Å². The summed E-state index contributed by atoms with van der Waals surface area (Å²) in [7, 11) is 0. The third-order valence-corrected chi connectivity index (χ3v) is 3.87. The number of aromatic amines is 1. The summed E-state index contributed by atoms with van der Waals surface area (Å²) in [6, 6.07) is 6.92. The lowest BCUT2D eigenvalue weighted by Gasteiger charge is -2.04. The number of halogens is 1. The minimum atomic E-state index is -0.569. The molecule has 0 aliphatic rings. The maximum atomic E-state index is 13.5. The zero-order valence-electron chi connectivity index (χ0n) is 10.5. The fraction of sp³-hybridized carbons (Fsp3) is 0. The molecule has 2 heterocycles. The van der Waals surface area contributed by atoms with Crippen molar-refractivity contribution in [3.63, 3.8) is 0 Å². The third kappa shape index (κ3) is 2.25. The second-order valence-corrected chi connectivity index (χ2v) is 5.20. The molecule has 0 aliphatic heterocycles. The summed E-state index contributed by atoms with van der Waals surface area (Å²) >= 11 is 1.42. The van der Waals surface area contributed by atoms with Crippen LogP contribution < -0.4 is 5.73 Å². The average molecular weight is 304 g/mol. The van der Waals surface area contributed by atoms with Gasteiger partial charge in [0, 0.05) is 10.9 Å². The highest BCUT2D eigenvalue weighted by Crippen LogP contribution is 2.40. The van der Waals surface area contributed by atoms with Crippen LogP contribution >= 0.6 is 11.3 Å². The number of benzene rings is 1. The molecule has 0 fully saturated rings. The van der Waals surface area contributed by atoms with Gasteiger partial charge in [0.25, 0.3) is 5.69 Å². The van der Waals surface area contributed by atoms with Gasteiger partial charge in [0.05, 0.1) is 21.7 Å². The van der Waals surface area contributed by atoms with E-state index in [1.807, 2.05) is 17.5 Å². The molecule has 3 aromatic rings. The number of nitrogens with zero attached hydrogens (tertiary/aromatic N) is 2. The lowest BCUT2D eigenvalue weighted by molar-refractivity contribution is -0.384. The zero-order chi connectivity index (χ0) is 15.0. The molecule has 0 saturated heterocycles. The van der Waals surface area contributed by atoms with Gasteiger partial charge in [-0.2, -0.15) is 5.10 Å². The number of rotatable bonds is 3. The lowest BCUT2D eigenvalue weighted by atomic mass is 10.0. The summed E-state index contributed by atoms with van der Waals surface area (Å²) in [4.78, 5) is 11.4. The molecule has 3 N–H and O–H groups in total. The minimum absolute atomic E-state index is 0.118. The van der Waals surface area contributed by atoms with Crippen molar-refractivity contribution in [2.75, 3.05) is 5.73 Å². The van der Waals surface area contributed by atoms with E-state index >= 15 is 0 Å². The van der Waals surface area contributed by atoms with Crippen molar-refractivity contribution in [2.24, 2.45) is 0 Å². The molecule has 0 aliphatic carbocycles. The molecule has 0 saturated carbocycles. The van der Waals surface area contributed by atoms with Gasteiger partial charge in [0.1, 0.15) is 5.82 Å². The zero-order valence-corrected chi connectivity index (χ0v) is 11.4. The molecule has 0 radical (unpaired) electrons. The van der Waals surface area contributed by atoms with Crippen LogP contribution in [-0.2, 0) is 0 Å². The van der Waals surface area contributed by atoms with E-state index in [4.69, 9.17) is 5.73 Å². The Morgan fingerprint density at radius 2 is 2.19 bits per heavy atom. The van der Waals surface area contributed by atoms with Crippen LogP contribution in [0.1, 0.15) is 0 Å². The first-order chi connectivity index (χ1) is 10.1. The van der Waals surface area contributed by atoms with Crippen molar-refractivity contribution in [3.8, 4) is 21.7 Å². The Morgan fingerprint density at radius 3 is 2.86 bits per heavy atom. The molecule has 2 aromatic heterocycles. The predicted molar refractivity (Wildman–Crippen MR) is 78.4 cm³/mol. The molecule has 0 spiro atoms. The maximum Gasteiger partial charge on any atom is 0.278 e. The number of nitro groups is 1. The molecule has 6 nitrogen and oxygen atoms in total. The molecule has 0 bridgehead atoms. The number of aromatic nitrogens is 2. The molecule has 0 unspecified atom stereocenters. The molecule has 106 valence electrons. The third-order valence-electron chi connectivity index (χ3n) is 2.99. The molecule has 21 heavy (non-hydrogen) atoms. The van der Waals surface area contributed by atoms with Gasteiger partial charge in [-0.15, -0.1) is 11.3 Å². The number of hydrogen-bond donors (Lipinski definition) is 2. The van der Waals surface area contributed by atoms with Gasteiger partial charge in [-0.3, -0.25) is 15.2 Å². The van der Waals surface area contributed by atoms with Gasteiger partial charge in [-0.25, -0.2) is 4.39 Å². The molecule has 3 rings (SSSR count). The lowest BCUT2D eigenvalue weighted by Crippen LogP contribution is -1.94. The largest absolute Gasteiger partial charge is 0.382 e. The summed E-state index contributed by atoms with van der Waals surface area (Å²) in [5.41, 5.74) is 6.62. The van der Waals surface area contributed by atoms with E-state index in [1.54, 1.807) is 0 Å². The van der Waals surface area contributed by atoms with Gasteiger partial charge in [-0.1, -0.05) is 6.07 Å². The summed E-state index contributed by atoms with van der Waals surface area (Å²) in [5.74, 6) is -0.355. The smallest absolute Gasteiger partial charge is 0.278 e. The Labute approximate surface area is 122 Å². The Hall–Kier alpha value is -2.74. The monoisotopic (exact) mass is 304 g/mol. The maximum absolute atomic E-state index is 13.5. The van der Waals surface area contributed by atoms with Gasteiger partial charge in [0.15, 0.2) is 5.82 Å². The SMILES string of the molecule is Nc1n[nH]c(-c2cc(F)ccc2[N+](=O)[O-])c1-c1cccs1. The van der Waals surface area contributed by atoms with Crippen LogP contribution in [0, 0.1) is 15.9 Å². The van der Waals surface area contributed by atoms with Crippen LogP contribution in [0.15, 0.2) is 35.7 Å². The standard InChI is InChI=1S/C13H9FN4O2S/c14-7-3-4-9(18(19)20)8(6-7)12-11(13(15)17-16-12)10-2-1-5-21-10/h1-6H,(H3,15,16,17). The fourth-order valence-electron chi connectivity index (χ4n) is 2.09. The van der Waals surface area contributed by atoms with Gasteiger partial charge in [0.2, 0.25) is 0 Å². The van der Waals surface area contributed by atoms with Gasteiger partial charge in [-0.05, 0) is 23.6 Å². The highest BCUT2D eigenvalue weighted by molar-refractivity contribution is 7.13. The van der Waals surface area contributed by atoms with Crippen LogP contribution in [0.25, 0.3) is 21.7 Å². The number of nitro benzene ring substituents is 1. The average Bonchev–Trinajstić information content (AvgIpc) is 3.06. The van der Waals surface area contributed by atoms with Gasteiger partial charge >= 0.3 is 0 Å². The van der Waals surface area contributed by atoms with Gasteiger partial charge < -0.3 is 5.73 Å². The number of anilines is 1. The van der Waals surface area contributed by atoms with E-state index in [-0.39, 0.29) is 17.1 Å². The Kier molecular flexibility index (Phi) is 3.15. The quantitative estimate of drug-likeness (QED) is 0.572. The minimum Gasteiger partial charge on any atom is -0.382 e. The summed E-state index contributed by atoms with van der Waals surface area (Å²) in [6.07, 6.45) is 0. The summed E-state index contributed by atoms with van der Waals surface area (Å²) < 4.78 is 13.5. The number of nitrogen functional groups attached to an aromatic ring is 1. The number of nitrogens with one attached hydrogen (secondary N) is 1. The molecule has 8 heteroatoms. The second kappa shape index (κ2) is 4.98. The fourth-order valence-corrected chi connectivity index (χ4v) is 2.87. The van der Waals surface area contributed by atoms with E-state index in [0.717, 1.165) is 23.1 Å². The highest BCUT2D eigenvalue weighted by Gasteiger charge is 2.23. The van der Waals surface area contributed by atoms with Crippen LogP contribution in [0.5, 0.6) is 0 Å². The number of nitrogens with two attached hydrogens (primary N) is 1.